The van der Waals surface area contributed by atoms with E-state index in [9.17, 15) is 4.79 Å². The van der Waals surface area contributed by atoms with Gasteiger partial charge in [-0.15, -0.1) is 21.5 Å². The zero-order valence-corrected chi connectivity index (χ0v) is 18.1. The highest BCUT2D eigenvalue weighted by atomic mass is 32.2. The van der Waals surface area contributed by atoms with Crippen LogP contribution in [0.4, 0.5) is 5.69 Å². The van der Waals surface area contributed by atoms with Gasteiger partial charge in [-0.1, -0.05) is 29.5 Å². The lowest BCUT2D eigenvalue weighted by atomic mass is 10.2. The first-order chi connectivity index (χ1) is 14.0. The largest absolute Gasteiger partial charge is 0.416 e. The van der Waals surface area contributed by atoms with Crippen molar-refractivity contribution < 1.29 is 9.21 Å². The van der Waals surface area contributed by atoms with Crippen molar-refractivity contribution in [1.82, 2.24) is 15.2 Å². The minimum atomic E-state index is -0.440. The van der Waals surface area contributed by atoms with Gasteiger partial charge < -0.3 is 9.32 Å². The van der Waals surface area contributed by atoms with Crippen LogP contribution in [0.15, 0.2) is 39.3 Å². The van der Waals surface area contributed by atoms with Crippen molar-refractivity contribution in [1.29, 1.82) is 5.26 Å². The minimum absolute atomic E-state index is 0.107. The lowest BCUT2D eigenvalue weighted by Gasteiger charge is -2.24. The number of hydrogen-bond acceptors (Lipinski definition) is 8. The zero-order chi connectivity index (χ0) is 20.8. The van der Waals surface area contributed by atoms with Crippen LogP contribution in [0.5, 0.6) is 0 Å². The van der Waals surface area contributed by atoms with Crippen molar-refractivity contribution in [3.05, 3.63) is 51.8 Å². The van der Waals surface area contributed by atoms with Gasteiger partial charge in [0.15, 0.2) is 0 Å². The van der Waals surface area contributed by atoms with Gasteiger partial charge in [-0.2, -0.15) is 5.26 Å². The van der Waals surface area contributed by atoms with E-state index >= 15 is 0 Å². The van der Waals surface area contributed by atoms with Gasteiger partial charge in [-0.25, -0.2) is 4.98 Å². The molecule has 0 radical (unpaired) electrons. The van der Waals surface area contributed by atoms with Gasteiger partial charge in [0.05, 0.1) is 34.9 Å². The van der Waals surface area contributed by atoms with Crippen LogP contribution >= 0.6 is 23.1 Å². The molecule has 9 heteroatoms. The summed E-state index contributed by atoms with van der Waals surface area (Å²) in [6, 6.07) is 9.78. The number of aryl methyl sites for hydroxylation is 2. The molecule has 3 rings (SSSR count). The highest BCUT2D eigenvalue weighted by Crippen LogP contribution is 2.26. The Balaban J connectivity index is 1.67. The maximum atomic E-state index is 13.0. The predicted molar refractivity (Wildman–Crippen MR) is 113 cm³/mol. The third-order valence-corrected chi connectivity index (χ3v) is 5.88. The molecule has 1 atom stereocenters. The molecule has 2 aromatic heterocycles. The van der Waals surface area contributed by atoms with Gasteiger partial charge in [-0.05, 0) is 32.9 Å². The number of anilines is 1. The van der Waals surface area contributed by atoms with Crippen LogP contribution in [0.2, 0.25) is 0 Å². The smallest absolute Gasteiger partial charge is 0.277 e. The molecule has 7 nitrogen and oxygen atoms in total. The average Bonchev–Trinajstić information content (AvgIpc) is 3.32. The molecule has 0 saturated carbocycles. The summed E-state index contributed by atoms with van der Waals surface area (Å²) in [5.74, 6) is 0.362. The summed E-state index contributed by atoms with van der Waals surface area (Å²) in [6.07, 6.45) is 0.729. The first-order valence-corrected chi connectivity index (χ1v) is 10.9. The molecular formula is C20H21N5O2S2. The monoisotopic (exact) mass is 427 g/mol. The van der Waals surface area contributed by atoms with Crippen LogP contribution < -0.4 is 4.90 Å². The maximum Gasteiger partial charge on any atom is 0.277 e. The Kier molecular flexibility index (Phi) is 7.01. The van der Waals surface area contributed by atoms with Crippen molar-refractivity contribution >= 4 is 34.7 Å². The second-order valence-corrected chi connectivity index (χ2v) is 8.84. The van der Waals surface area contributed by atoms with Crippen LogP contribution in [-0.4, -0.2) is 32.9 Å². The molecule has 1 unspecified atom stereocenters. The zero-order valence-electron chi connectivity index (χ0n) is 16.5. The van der Waals surface area contributed by atoms with Crippen molar-refractivity contribution in [2.24, 2.45) is 0 Å². The summed E-state index contributed by atoms with van der Waals surface area (Å²) in [5, 5.41) is 19.9. The molecule has 0 bridgehead atoms. The fourth-order valence-corrected chi connectivity index (χ4v) is 4.05. The highest BCUT2D eigenvalue weighted by molar-refractivity contribution is 8.00. The molecule has 29 heavy (non-hydrogen) atoms. The predicted octanol–water partition coefficient (Wildman–Crippen LogP) is 4.16. The van der Waals surface area contributed by atoms with Crippen molar-refractivity contribution in [2.45, 2.75) is 44.1 Å². The maximum absolute atomic E-state index is 13.0. The molecule has 1 amide bonds. The fourth-order valence-electron chi connectivity index (χ4n) is 2.68. The standard InChI is InChI=1S/C20H21N5O2S2/c1-13-5-7-17(8-6-13)25(10-4-9-21)19(26)14(2)29-20-24-23-18(27-20)11-16-12-28-15(3)22-16/h5-8,12,14H,4,10-11H2,1-3H3. The normalized spacial score (nSPS) is 11.8. The van der Waals surface area contributed by atoms with Gasteiger partial charge in [0.25, 0.3) is 5.22 Å². The van der Waals surface area contributed by atoms with E-state index in [1.54, 1.807) is 23.2 Å². The number of carbonyl (C=O) groups is 1. The van der Waals surface area contributed by atoms with Crippen molar-refractivity contribution in [3.63, 3.8) is 0 Å². The first-order valence-electron chi connectivity index (χ1n) is 9.11. The van der Waals surface area contributed by atoms with E-state index in [4.69, 9.17) is 9.68 Å². The lowest BCUT2D eigenvalue weighted by Crippen LogP contribution is -2.37. The number of thiazole rings is 1. The second kappa shape index (κ2) is 9.67. The van der Waals surface area contributed by atoms with E-state index in [-0.39, 0.29) is 12.3 Å². The van der Waals surface area contributed by atoms with Crippen molar-refractivity contribution in [2.75, 3.05) is 11.4 Å². The number of hydrogen-bond donors (Lipinski definition) is 0. The summed E-state index contributed by atoms with van der Waals surface area (Å²) in [4.78, 5) is 19.1. The fraction of sp³-hybridized carbons (Fsp3) is 0.350. The number of nitriles is 1. The topological polar surface area (TPSA) is 95.9 Å². The van der Waals surface area contributed by atoms with E-state index in [1.165, 1.54) is 11.8 Å². The van der Waals surface area contributed by atoms with Crippen molar-refractivity contribution in [3.8, 4) is 6.07 Å². The third kappa shape index (κ3) is 5.65. The van der Waals surface area contributed by atoms with Crippen LogP contribution in [-0.2, 0) is 11.2 Å². The Labute approximate surface area is 177 Å². The molecule has 1 aromatic carbocycles. The Morgan fingerprint density at radius 1 is 1.31 bits per heavy atom. The van der Waals surface area contributed by atoms with Crippen LogP contribution in [0.3, 0.4) is 0 Å². The summed E-state index contributed by atoms with van der Waals surface area (Å²) >= 11 is 2.79. The van der Waals surface area contributed by atoms with E-state index < -0.39 is 5.25 Å². The molecule has 0 N–H and O–H groups in total. The van der Waals surface area contributed by atoms with E-state index in [0.717, 1.165) is 22.0 Å². The SMILES string of the molecule is Cc1ccc(N(CCC#N)C(=O)C(C)Sc2nnc(Cc3csc(C)n3)o2)cc1. The van der Waals surface area contributed by atoms with Gasteiger partial charge in [0.2, 0.25) is 11.8 Å². The van der Waals surface area contributed by atoms with E-state index in [1.807, 2.05) is 43.5 Å². The van der Waals surface area contributed by atoms with Gasteiger partial charge >= 0.3 is 0 Å². The molecule has 0 aliphatic carbocycles. The van der Waals surface area contributed by atoms with E-state index in [2.05, 4.69) is 21.3 Å². The Morgan fingerprint density at radius 3 is 2.72 bits per heavy atom. The third-order valence-electron chi connectivity index (χ3n) is 4.13. The molecule has 0 aliphatic rings. The second-order valence-electron chi connectivity index (χ2n) is 6.49. The molecule has 150 valence electrons. The molecule has 0 saturated heterocycles. The van der Waals surface area contributed by atoms with Gasteiger partial charge in [-0.3, -0.25) is 4.79 Å². The number of aromatic nitrogens is 3. The number of amides is 1. The number of nitrogens with zero attached hydrogens (tertiary/aromatic N) is 5. The average molecular weight is 428 g/mol. The Morgan fingerprint density at radius 2 is 2.07 bits per heavy atom. The lowest BCUT2D eigenvalue weighted by molar-refractivity contribution is -0.117. The first kappa shape index (κ1) is 21.0. The Bertz CT molecular complexity index is 1010. The quantitative estimate of drug-likeness (QED) is 0.498. The highest BCUT2D eigenvalue weighted by Gasteiger charge is 2.25. The summed E-state index contributed by atoms with van der Waals surface area (Å²) in [7, 11) is 0. The number of carbonyl (C=O) groups excluding carboxylic acids is 1. The Hall–Kier alpha value is -2.70. The van der Waals surface area contributed by atoms with Gasteiger partial charge in [0.1, 0.15) is 0 Å². The van der Waals surface area contributed by atoms with E-state index in [0.29, 0.717) is 24.1 Å². The number of rotatable bonds is 8. The molecule has 0 fully saturated rings. The van der Waals surface area contributed by atoms with Crippen LogP contribution in [0, 0.1) is 25.2 Å². The molecule has 2 heterocycles. The van der Waals surface area contributed by atoms with Crippen LogP contribution in [0.1, 0.15) is 35.5 Å². The minimum Gasteiger partial charge on any atom is -0.416 e. The molecule has 3 aromatic rings. The molecule has 0 spiro atoms. The van der Waals surface area contributed by atoms with Crippen LogP contribution in [0.25, 0.3) is 0 Å². The summed E-state index contributed by atoms with van der Waals surface area (Å²) < 4.78 is 5.68. The summed E-state index contributed by atoms with van der Waals surface area (Å²) in [5.41, 5.74) is 2.77. The number of benzene rings is 1. The van der Waals surface area contributed by atoms with Gasteiger partial charge in [0, 0.05) is 17.6 Å². The summed E-state index contributed by atoms with van der Waals surface area (Å²) in [6.45, 7) is 6.07. The number of thioether (sulfide) groups is 1. The molecular weight excluding hydrogens is 406 g/mol. The molecule has 0 aliphatic heterocycles.